The van der Waals surface area contributed by atoms with Crippen molar-refractivity contribution in [3.05, 3.63) is 65.4 Å². The molecule has 0 saturated heterocycles. The van der Waals surface area contributed by atoms with E-state index in [1.54, 1.807) is 30.3 Å². The monoisotopic (exact) mass is 345 g/mol. The van der Waals surface area contributed by atoms with E-state index in [4.69, 9.17) is 4.74 Å². The summed E-state index contributed by atoms with van der Waals surface area (Å²) >= 11 is 0. The summed E-state index contributed by atoms with van der Waals surface area (Å²) in [6, 6.07) is 16.8. The molecule has 3 rings (SSSR count). The maximum atomic E-state index is 12.5. The number of para-hydroxylation sites is 1. The van der Waals surface area contributed by atoms with Crippen molar-refractivity contribution >= 4 is 28.6 Å². The molecule has 0 aliphatic heterocycles. The van der Waals surface area contributed by atoms with Crippen LogP contribution < -0.4 is 10.1 Å². The molecule has 0 unspecified atom stereocenters. The van der Waals surface area contributed by atoms with E-state index in [9.17, 15) is 10.1 Å². The first-order valence-electron chi connectivity index (χ1n) is 8.35. The molecule has 0 aliphatic carbocycles. The van der Waals surface area contributed by atoms with Crippen LogP contribution in [0, 0.1) is 18.3 Å². The van der Waals surface area contributed by atoms with Gasteiger partial charge in [0, 0.05) is 27.8 Å². The van der Waals surface area contributed by atoms with Crippen LogP contribution >= 0.6 is 0 Å². The Labute approximate surface area is 151 Å². The number of nitriles is 1. The number of hydrogen-bond acceptors (Lipinski definition) is 3. The number of amides is 1. The Kier molecular flexibility index (Phi) is 5.04. The van der Waals surface area contributed by atoms with E-state index >= 15 is 0 Å². The van der Waals surface area contributed by atoms with Gasteiger partial charge in [0.2, 0.25) is 0 Å². The van der Waals surface area contributed by atoms with E-state index in [1.165, 1.54) is 0 Å². The number of anilines is 1. The van der Waals surface area contributed by atoms with Crippen LogP contribution in [0.2, 0.25) is 0 Å². The Morgan fingerprint density at radius 1 is 1.23 bits per heavy atom. The molecule has 0 saturated carbocycles. The molecule has 0 radical (unpaired) electrons. The number of nitrogens with one attached hydrogen (secondary N) is 2. The number of fused-ring (bicyclic) bond motifs is 1. The van der Waals surface area contributed by atoms with Crippen LogP contribution in [0.15, 0.2) is 54.1 Å². The van der Waals surface area contributed by atoms with Gasteiger partial charge < -0.3 is 15.0 Å². The van der Waals surface area contributed by atoms with E-state index in [0.29, 0.717) is 12.3 Å². The molecule has 0 bridgehead atoms. The smallest absolute Gasteiger partial charge is 0.266 e. The van der Waals surface area contributed by atoms with E-state index in [1.807, 2.05) is 44.2 Å². The lowest BCUT2D eigenvalue weighted by Crippen LogP contribution is -2.13. The van der Waals surface area contributed by atoms with Crippen molar-refractivity contribution in [3.8, 4) is 11.8 Å². The number of aromatic amines is 1. The average molecular weight is 345 g/mol. The second-order valence-corrected chi connectivity index (χ2v) is 5.79. The number of carbonyl (C=O) groups excluding carboxylic acids is 1. The number of benzene rings is 2. The standard InChI is InChI=1S/C21H19N3O2/c1-3-26-17-10-8-16(9-11-17)24-21(25)15(13-22)12-19-14(2)23-20-7-5-4-6-18(19)20/h4-12,23H,3H2,1-2H3,(H,24,25)/b15-12+. The summed E-state index contributed by atoms with van der Waals surface area (Å²) in [5.41, 5.74) is 3.38. The first-order chi connectivity index (χ1) is 12.6. The second-order valence-electron chi connectivity index (χ2n) is 5.79. The van der Waals surface area contributed by atoms with Gasteiger partial charge in [0.1, 0.15) is 17.4 Å². The molecule has 26 heavy (non-hydrogen) atoms. The number of rotatable bonds is 5. The highest BCUT2D eigenvalue weighted by Crippen LogP contribution is 2.24. The van der Waals surface area contributed by atoms with Crippen LogP contribution in [0.4, 0.5) is 5.69 Å². The maximum Gasteiger partial charge on any atom is 0.266 e. The minimum atomic E-state index is -0.443. The quantitative estimate of drug-likeness (QED) is 0.531. The van der Waals surface area contributed by atoms with Crippen LogP contribution in [0.1, 0.15) is 18.2 Å². The third-order valence-corrected chi connectivity index (χ3v) is 4.02. The van der Waals surface area contributed by atoms with Gasteiger partial charge in [-0.05, 0) is 50.3 Å². The number of H-pyrrole nitrogens is 1. The number of aryl methyl sites for hydroxylation is 1. The van der Waals surface area contributed by atoms with Gasteiger partial charge in [0.25, 0.3) is 5.91 Å². The second kappa shape index (κ2) is 7.58. The van der Waals surface area contributed by atoms with Crippen molar-refractivity contribution in [2.45, 2.75) is 13.8 Å². The van der Waals surface area contributed by atoms with Crippen molar-refractivity contribution in [1.29, 1.82) is 5.26 Å². The van der Waals surface area contributed by atoms with Gasteiger partial charge in [-0.2, -0.15) is 5.26 Å². The van der Waals surface area contributed by atoms with Crippen LogP contribution in [0.5, 0.6) is 5.75 Å². The lowest BCUT2D eigenvalue weighted by Gasteiger charge is -2.06. The van der Waals surface area contributed by atoms with Gasteiger partial charge in [0.05, 0.1) is 6.61 Å². The fourth-order valence-electron chi connectivity index (χ4n) is 2.78. The minimum absolute atomic E-state index is 0.0479. The molecule has 5 heteroatoms. The first kappa shape index (κ1) is 17.3. The average Bonchev–Trinajstić information content (AvgIpc) is 2.96. The van der Waals surface area contributed by atoms with Gasteiger partial charge >= 0.3 is 0 Å². The molecular weight excluding hydrogens is 326 g/mol. The van der Waals surface area contributed by atoms with Crippen molar-refractivity contribution in [1.82, 2.24) is 4.98 Å². The fourth-order valence-corrected chi connectivity index (χ4v) is 2.78. The topological polar surface area (TPSA) is 77.9 Å². The molecule has 1 heterocycles. The molecule has 1 amide bonds. The molecule has 1 aromatic heterocycles. The van der Waals surface area contributed by atoms with Crippen molar-refractivity contribution < 1.29 is 9.53 Å². The largest absolute Gasteiger partial charge is 0.494 e. The Morgan fingerprint density at radius 2 is 1.96 bits per heavy atom. The predicted molar refractivity (Wildman–Crippen MR) is 103 cm³/mol. The third-order valence-electron chi connectivity index (χ3n) is 4.02. The number of hydrogen-bond donors (Lipinski definition) is 2. The summed E-state index contributed by atoms with van der Waals surface area (Å²) in [6.45, 7) is 4.41. The summed E-state index contributed by atoms with van der Waals surface area (Å²) < 4.78 is 5.38. The zero-order valence-electron chi connectivity index (χ0n) is 14.7. The van der Waals surface area contributed by atoms with Crippen molar-refractivity contribution in [2.24, 2.45) is 0 Å². The first-order valence-corrected chi connectivity index (χ1v) is 8.35. The zero-order valence-corrected chi connectivity index (χ0v) is 14.7. The molecule has 2 N–H and O–H groups in total. The normalized spacial score (nSPS) is 11.2. The van der Waals surface area contributed by atoms with Crippen LogP contribution in [0.3, 0.4) is 0 Å². The van der Waals surface area contributed by atoms with E-state index < -0.39 is 5.91 Å². The van der Waals surface area contributed by atoms with E-state index in [-0.39, 0.29) is 5.57 Å². The maximum absolute atomic E-state index is 12.5. The van der Waals surface area contributed by atoms with Crippen molar-refractivity contribution in [3.63, 3.8) is 0 Å². The van der Waals surface area contributed by atoms with Gasteiger partial charge in [-0.3, -0.25) is 4.79 Å². The molecule has 3 aromatic rings. The Bertz CT molecular complexity index is 1010. The third kappa shape index (κ3) is 3.60. The lowest BCUT2D eigenvalue weighted by atomic mass is 10.1. The molecule has 2 aromatic carbocycles. The summed E-state index contributed by atoms with van der Waals surface area (Å²) in [4.78, 5) is 15.7. The van der Waals surface area contributed by atoms with E-state index in [0.717, 1.165) is 27.9 Å². The number of nitrogens with zero attached hydrogens (tertiary/aromatic N) is 1. The van der Waals surface area contributed by atoms with Gasteiger partial charge in [-0.1, -0.05) is 18.2 Å². The molecule has 0 atom stereocenters. The summed E-state index contributed by atoms with van der Waals surface area (Å²) in [5, 5.41) is 13.2. The Balaban J connectivity index is 1.85. The van der Waals surface area contributed by atoms with E-state index in [2.05, 4.69) is 10.3 Å². The molecule has 0 aliphatic rings. The van der Waals surface area contributed by atoms with Gasteiger partial charge in [0.15, 0.2) is 0 Å². The highest BCUT2D eigenvalue weighted by molar-refractivity contribution is 6.11. The van der Waals surface area contributed by atoms with Crippen LogP contribution in [-0.4, -0.2) is 17.5 Å². The van der Waals surface area contributed by atoms with Crippen molar-refractivity contribution in [2.75, 3.05) is 11.9 Å². The number of aromatic nitrogens is 1. The summed E-state index contributed by atoms with van der Waals surface area (Å²) in [7, 11) is 0. The molecular formula is C21H19N3O2. The van der Waals surface area contributed by atoms with Crippen LogP contribution in [-0.2, 0) is 4.79 Å². The Hall–Kier alpha value is -3.52. The highest BCUT2D eigenvalue weighted by atomic mass is 16.5. The summed E-state index contributed by atoms with van der Waals surface area (Å²) in [5.74, 6) is 0.289. The predicted octanol–water partition coefficient (Wildman–Crippen LogP) is 4.42. The summed E-state index contributed by atoms with van der Waals surface area (Å²) in [6.07, 6.45) is 1.62. The molecule has 0 fully saturated rings. The molecule has 0 spiro atoms. The fraction of sp³-hybridized carbons (Fsp3) is 0.143. The molecule has 130 valence electrons. The SMILES string of the molecule is CCOc1ccc(NC(=O)/C(C#N)=C/c2c(C)[nH]c3ccccc23)cc1. The Morgan fingerprint density at radius 3 is 2.65 bits per heavy atom. The zero-order chi connectivity index (χ0) is 18.5. The van der Waals surface area contributed by atoms with Crippen LogP contribution in [0.25, 0.3) is 17.0 Å². The number of carbonyl (C=O) groups is 1. The molecule has 5 nitrogen and oxygen atoms in total. The number of ether oxygens (including phenoxy) is 1. The lowest BCUT2D eigenvalue weighted by molar-refractivity contribution is -0.112. The minimum Gasteiger partial charge on any atom is -0.494 e. The highest BCUT2D eigenvalue weighted by Gasteiger charge is 2.13. The van der Waals surface area contributed by atoms with Gasteiger partial charge in [-0.25, -0.2) is 0 Å². The van der Waals surface area contributed by atoms with Gasteiger partial charge in [-0.15, -0.1) is 0 Å².